The van der Waals surface area contributed by atoms with Gasteiger partial charge in [0.1, 0.15) is 5.69 Å². The fourth-order valence-electron chi connectivity index (χ4n) is 2.68. The first kappa shape index (κ1) is 13.1. The van der Waals surface area contributed by atoms with Crippen LogP contribution in [0.5, 0.6) is 0 Å². The van der Waals surface area contributed by atoms with Gasteiger partial charge in [-0.05, 0) is 24.3 Å². The van der Waals surface area contributed by atoms with Crippen LogP contribution >= 0.6 is 11.6 Å². The minimum atomic E-state index is 0.707. The van der Waals surface area contributed by atoms with Crippen molar-refractivity contribution in [2.24, 2.45) is 0 Å². The zero-order valence-electron chi connectivity index (χ0n) is 11.8. The van der Waals surface area contributed by atoms with Crippen LogP contribution in [0.4, 0.5) is 0 Å². The summed E-state index contributed by atoms with van der Waals surface area (Å²) < 4.78 is 1.95. The number of fused-ring (bicyclic) bond motifs is 1. The number of aromatic nitrogens is 2. The Hall–Kier alpha value is -2.58. The smallest absolute Gasteiger partial charge is 0.101 e. The summed E-state index contributed by atoms with van der Waals surface area (Å²) >= 11 is 6.13. The van der Waals surface area contributed by atoms with E-state index in [0.717, 1.165) is 27.8 Å². The Kier molecular flexibility index (Phi) is 3.17. The van der Waals surface area contributed by atoms with Crippen molar-refractivity contribution < 1.29 is 0 Å². The Morgan fingerprint density at radius 3 is 2.36 bits per heavy atom. The Morgan fingerprint density at radius 1 is 0.773 bits per heavy atom. The predicted octanol–water partition coefficient (Wildman–Crippen LogP) is 5.35. The minimum Gasteiger partial charge on any atom is -0.232 e. The summed E-state index contributed by atoms with van der Waals surface area (Å²) in [6.07, 6.45) is 0. The van der Waals surface area contributed by atoms with Crippen molar-refractivity contribution in [2.45, 2.75) is 0 Å². The van der Waals surface area contributed by atoms with Gasteiger partial charge >= 0.3 is 0 Å². The third kappa shape index (κ3) is 2.18. The minimum absolute atomic E-state index is 0.707. The highest BCUT2D eigenvalue weighted by Crippen LogP contribution is 2.30. The zero-order valence-corrected chi connectivity index (χ0v) is 12.5. The molecule has 1 heterocycles. The third-order valence-corrected chi connectivity index (χ3v) is 3.92. The number of nitrogens with zero attached hydrogens (tertiary/aromatic N) is 2. The molecule has 4 rings (SSSR count). The maximum absolute atomic E-state index is 6.13. The Balaban J connectivity index is 2.01. The first-order valence-electron chi connectivity index (χ1n) is 7.12. The standard InChI is InChI=1S/C19H13ClN2/c20-15-9-6-10-16(13-15)22-18-12-5-4-11-17(18)19(21-22)14-7-2-1-3-8-14/h1-13H. The van der Waals surface area contributed by atoms with Gasteiger partial charge in [0.25, 0.3) is 0 Å². The second-order valence-corrected chi connectivity index (χ2v) is 5.56. The van der Waals surface area contributed by atoms with Crippen LogP contribution in [0.15, 0.2) is 78.9 Å². The maximum atomic E-state index is 6.13. The Labute approximate surface area is 133 Å². The van der Waals surface area contributed by atoms with E-state index in [1.807, 2.05) is 59.3 Å². The number of rotatable bonds is 2. The Bertz CT molecular complexity index is 942. The monoisotopic (exact) mass is 304 g/mol. The number of para-hydroxylation sites is 1. The number of benzene rings is 3. The van der Waals surface area contributed by atoms with Gasteiger partial charge in [-0.15, -0.1) is 0 Å². The quantitative estimate of drug-likeness (QED) is 0.488. The van der Waals surface area contributed by atoms with Crippen LogP contribution in [0.25, 0.3) is 27.8 Å². The summed E-state index contributed by atoms with van der Waals surface area (Å²) in [7, 11) is 0. The van der Waals surface area contributed by atoms with E-state index in [1.165, 1.54) is 0 Å². The van der Waals surface area contributed by atoms with Crippen molar-refractivity contribution in [1.82, 2.24) is 9.78 Å². The SMILES string of the molecule is Clc1cccc(-n2nc(-c3ccccc3)c3ccccc32)c1. The van der Waals surface area contributed by atoms with Crippen molar-refractivity contribution in [1.29, 1.82) is 0 Å². The molecule has 0 N–H and O–H groups in total. The van der Waals surface area contributed by atoms with Crippen LogP contribution in [-0.2, 0) is 0 Å². The second kappa shape index (κ2) is 5.32. The molecule has 2 nitrogen and oxygen atoms in total. The van der Waals surface area contributed by atoms with E-state index in [-0.39, 0.29) is 0 Å². The number of halogens is 1. The zero-order chi connectivity index (χ0) is 14.9. The molecule has 0 bridgehead atoms. The maximum Gasteiger partial charge on any atom is 0.101 e. The molecule has 0 amide bonds. The topological polar surface area (TPSA) is 17.8 Å². The van der Waals surface area contributed by atoms with Gasteiger partial charge in [0.2, 0.25) is 0 Å². The average Bonchev–Trinajstić information content (AvgIpc) is 2.95. The molecule has 106 valence electrons. The van der Waals surface area contributed by atoms with Crippen molar-refractivity contribution in [3.8, 4) is 16.9 Å². The molecular formula is C19H13ClN2. The van der Waals surface area contributed by atoms with Crippen LogP contribution in [0.2, 0.25) is 5.02 Å². The molecule has 3 aromatic carbocycles. The normalized spacial score (nSPS) is 11.0. The van der Waals surface area contributed by atoms with E-state index >= 15 is 0 Å². The largest absolute Gasteiger partial charge is 0.232 e. The molecule has 0 fully saturated rings. The molecule has 0 unspecified atom stereocenters. The second-order valence-electron chi connectivity index (χ2n) is 5.12. The lowest BCUT2D eigenvalue weighted by Crippen LogP contribution is -1.96. The van der Waals surface area contributed by atoms with Gasteiger partial charge < -0.3 is 0 Å². The lowest BCUT2D eigenvalue weighted by atomic mass is 10.1. The van der Waals surface area contributed by atoms with Crippen LogP contribution in [-0.4, -0.2) is 9.78 Å². The van der Waals surface area contributed by atoms with Crippen LogP contribution in [0.1, 0.15) is 0 Å². The van der Waals surface area contributed by atoms with Crippen molar-refractivity contribution in [3.63, 3.8) is 0 Å². The fourth-order valence-corrected chi connectivity index (χ4v) is 2.86. The van der Waals surface area contributed by atoms with E-state index < -0.39 is 0 Å². The lowest BCUT2D eigenvalue weighted by Gasteiger charge is -2.03. The van der Waals surface area contributed by atoms with Crippen LogP contribution < -0.4 is 0 Å². The molecule has 0 aliphatic heterocycles. The van der Waals surface area contributed by atoms with E-state index in [0.29, 0.717) is 5.02 Å². The first-order chi connectivity index (χ1) is 10.8. The molecule has 0 aliphatic rings. The molecule has 0 aliphatic carbocycles. The molecule has 1 aromatic heterocycles. The first-order valence-corrected chi connectivity index (χ1v) is 7.50. The average molecular weight is 305 g/mol. The Morgan fingerprint density at radius 2 is 1.55 bits per heavy atom. The van der Waals surface area contributed by atoms with Gasteiger partial charge in [0, 0.05) is 16.0 Å². The van der Waals surface area contributed by atoms with Gasteiger partial charge in [-0.1, -0.05) is 66.2 Å². The van der Waals surface area contributed by atoms with Gasteiger partial charge in [-0.2, -0.15) is 5.10 Å². The molecule has 3 heteroatoms. The van der Waals surface area contributed by atoms with Gasteiger partial charge in [-0.3, -0.25) is 0 Å². The summed E-state index contributed by atoms with van der Waals surface area (Å²) in [6, 6.07) is 26.2. The molecule has 0 saturated heterocycles. The van der Waals surface area contributed by atoms with E-state index in [9.17, 15) is 0 Å². The molecule has 4 aromatic rings. The molecule has 0 saturated carbocycles. The van der Waals surface area contributed by atoms with E-state index in [2.05, 4.69) is 24.3 Å². The van der Waals surface area contributed by atoms with Crippen LogP contribution in [0.3, 0.4) is 0 Å². The van der Waals surface area contributed by atoms with Gasteiger partial charge in [-0.25, -0.2) is 4.68 Å². The summed E-state index contributed by atoms with van der Waals surface area (Å²) in [6.45, 7) is 0. The molecule has 0 spiro atoms. The van der Waals surface area contributed by atoms with Crippen molar-refractivity contribution >= 4 is 22.5 Å². The van der Waals surface area contributed by atoms with Gasteiger partial charge in [0.05, 0.1) is 11.2 Å². The number of hydrogen-bond donors (Lipinski definition) is 0. The predicted molar refractivity (Wildman–Crippen MR) is 91.5 cm³/mol. The molecule has 0 atom stereocenters. The summed E-state index contributed by atoms with van der Waals surface area (Å²) in [5.74, 6) is 0. The highest BCUT2D eigenvalue weighted by Gasteiger charge is 2.12. The van der Waals surface area contributed by atoms with Crippen molar-refractivity contribution in [2.75, 3.05) is 0 Å². The van der Waals surface area contributed by atoms with Crippen molar-refractivity contribution in [3.05, 3.63) is 83.9 Å². The lowest BCUT2D eigenvalue weighted by molar-refractivity contribution is 0.915. The fraction of sp³-hybridized carbons (Fsp3) is 0. The molecule has 22 heavy (non-hydrogen) atoms. The molecular weight excluding hydrogens is 292 g/mol. The van der Waals surface area contributed by atoms with E-state index in [1.54, 1.807) is 0 Å². The summed E-state index contributed by atoms with van der Waals surface area (Å²) in [5.41, 5.74) is 4.13. The third-order valence-electron chi connectivity index (χ3n) is 3.69. The van der Waals surface area contributed by atoms with Crippen LogP contribution in [0, 0.1) is 0 Å². The number of hydrogen-bond acceptors (Lipinski definition) is 1. The van der Waals surface area contributed by atoms with Gasteiger partial charge in [0.15, 0.2) is 0 Å². The summed E-state index contributed by atoms with van der Waals surface area (Å²) in [4.78, 5) is 0. The highest BCUT2D eigenvalue weighted by molar-refractivity contribution is 6.30. The van der Waals surface area contributed by atoms with E-state index in [4.69, 9.17) is 16.7 Å². The highest BCUT2D eigenvalue weighted by atomic mass is 35.5. The molecule has 0 radical (unpaired) electrons. The summed E-state index contributed by atoms with van der Waals surface area (Å²) in [5, 5.41) is 6.67.